The molecule has 1 aliphatic heterocycles. The zero-order valence-corrected chi connectivity index (χ0v) is 14.9. The monoisotopic (exact) mass is 346 g/mol. The third-order valence-corrected chi connectivity index (χ3v) is 5.05. The molecule has 3 heterocycles. The number of rotatable bonds is 3. The molecule has 1 saturated heterocycles. The van der Waals surface area contributed by atoms with Crippen LogP contribution in [0.25, 0.3) is 11.3 Å². The number of aryl methyl sites for hydroxylation is 1. The van der Waals surface area contributed by atoms with Crippen LogP contribution < -0.4 is 0 Å². The molecule has 2 aromatic heterocycles. The summed E-state index contributed by atoms with van der Waals surface area (Å²) in [6, 6.07) is 16.0. The SMILES string of the molecule is Cc1ccc(-c2cc(C3CCN(C(=O)c4ccccn4)CC3)[nH]n2)cc1. The third kappa shape index (κ3) is 3.38. The number of hydrogen-bond donors (Lipinski definition) is 1. The van der Waals surface area contributed by atoms with Gasteiger partial charge in [-0.3, -0.25) is 14.9 Å². The number of nitrogens with one attached hydrogen (secondary N) is 1. The summed E-state index contributed by atoms with van der Waals surface area (Å²) in [4.78, 5) is 18.6. The topological polar surface area (TPSA) is 61.9 Å². The molecule has 0 bridgehead atoms. The number of amides is 1. The van der Waals surface area contributed by atoms with Gasteiger partial charge in [0.25, 0.3) is 5.91 Å². The van der Waals surface area contributed by atoms with E-state index in [9.17, 15) is 4.79 Å². The Kier molecular flexibility index (Phi) is 4.52. The first kappa shape index (κ1) is 16.5. The Morgan fingerprint density at radius 1 is 1.12 bits per heavy atom. The molecule has 3 aromatic rings. The van der Waals surface area contributed by atoms with Gasteiger partial charge in [0, 0.05) is 36.5 Å². The molecule has 1 aromatic carbocycles. The van der Waals surface area contributed by atoms with Gasteiger partial charge in [-0.2, -0.15) is 5.10 Å². The highest BCUT2D eigenvalue weighted by Crippen LogP contribution is 2.29. The van der Waals surface area contributed by atoms with Gasteiger partial charge in [0.15, 0.2) is 0 Å². The highest BCUT2D eigenvalue weighted by Gasteiger charge is 2.26. The number of carbonyl (C=O) groups is 1. The summed E-state index contributed by atoms with van der Waals surface area (Å²) in [6.45, 7) is 3.58. The number of hydrogen-bond acceptors (Lipinski definition) is 3. The van der Waals surface area contributed by atoms with E-state index in [-0.39, 0.29) is 5.91 Å². The standard InChI is InChI=1S/C21H22N4O/c1-15-5-7-16(8-6-15)19-14-20(24-23-19)17-9-12-25(13-10-17)21(26)18-4-2-3-11-22-18/h2-8,11,14,17H,9-10,12-13H2,1H3,(H,23,24). The molecule has 4 rings (SSSR count). The Hall–Kier alpha value is -2.95. The summed E-state index contributed by atoms with van der Waals surface area (Å²) < 4.78 is 0. The van der Waals surface area contributed by atoms with Crippen LogP contribution in [0.1, 0.15) is 40.5 Å². The largest absolute Gasteiger partial charge is 0.337 e. The van der Waals surface area contributed by atoms with E-state index in [4.69, 9.17) is 0 Å². The first-order valence-electron chi connectivity index (χ1n) is 9.03. The maximum Gasteiger partial charge on any atom is 0.272 e. The van der Waals surface area contributed by atoms with E-state index in [2.05, 4.69) is 52.4 Å². The minimum absolute atomic E-state index is 0.0222. The van der Waals surface area contributed by atoms with Crippen LogP contribution in [0.3, 0.4) is 0 Å². The highest BCUT2D eigenvalue weighted by atomic mass is 16.2. The quantitative estimate of drug-likeness (QED) is 0.785. The zero-order valence-electron chi connectivity index (χ0n) is 14.9. The fourth-order valence-electron chi connectivity index (χ4n) is 3.46. The van der Waals surface area contributed by atoms with E-state index in [1.807, 2.05) is 17.0 Å². The molecule has 1 amide bonds. The van der Waals surface area contributed by atoms with Crippen molar-refractivity contribution in [2.24, 2.45) is 0 Å². The molecule has 0 saturated carbocycles. The van der Waals surface area contributed by atoms with E-state index in [1.165, 1.54) is 5.56 Å². The minimum Gasteiger partial charge on any atom is -0.337 e. The summed E-state index contributed by atoms with van der Waals surface area (Å²) in [5.74, 6) is 0.434. The molecule has 0 unspecified atom stereocenters. The molecule has 0 spiro atoms. The number of nitrogens with zero attached hydrogens (tertiary/aromatic N) is 3. The highest BCUT2D eigenvalue weighted by molar-refractivity contribution is 5.92. The number of benzene rings is 1. The second kappa shape index (κ2) is 7.12. The molecule has 0 atom stereocenters. The Morgan fingerprint density at radius 2 is 1.88 bits per heavy atom. The lowest BCUT2D eigenvalue weighted by Gasteiger charge is -2.31. The van der Waals surface area contributed by atoms with Crippen molar-refractivity contribution >= 4 is 5.91 Å². The first-order valence-corrected chi connectivity index (χ1v) is 9.03. The van der Waals surface area contributed by atoms with Gasteiger partial charge in [0.2, 0.25) is 0 Å². The summed E-state index contributed by atoms with van der Waals surface area (Å²) in [6.07, 6.45) is 3.54. The van der Waals surface area contributed by atoms with Crippen LogP contribution in [-0.4, -0.2) is 39.1 Å². The summed E-state index contributed by atoms with van der Waals surface area (Å²) in [5, 5.41) is 7.68. The summed E-state index contributed by atoms with van der Waals surface area (Å²) in [7, 11) is 0. The molecule has 0 aliphatic carbocycles. The van der Waals surface area contributed by atoms with Crippen LogP contribution in [0.4, 0.5) is 0 Å². The number of aromatic amines is 1. The zero-order chi connectivity index (χ0) is 17.9. The van der Waals surface area contributed by atoms with Crippen molar-refractivity contribution in [3.63, 3.8) is 0 Å². The summed E-state index contributed by atoms with van der Waals surface area (Å²) >= 11 is 0. The molecular formula is C21H22N4O. The molecular weight excluding hydrogens is 324 g/mol. The smallest absolute Gasteiger partial charge is 0.272 e. The van der Waals surface area contributed by atoms with Gasteiger partial charge in [0.05, 0.1) is 5.69 Å². The minimum atomic E-state index is 0.0222. The summed E-state index contributed by atoms with van der Waals surface area (Å²) in [5.41, 5.74) is 5.03. The van der Waals surface area contributed by atoms with Crippen molar-refractivity contribution in [3.8, 4) is 11.3 Å². The molecule has 5 nitrogen and oxygen atoms in total. The molecule has 5 heteroatoms. The lowest BCUT2D eigenvalue weighted by Crippen LogP contribution is -2.38. The molecule has 1 N–H and O–H groups in total. The van der Waals surface area contributed by atoms with E-state index < -0.39 is 0 Å². The molecule has 26 heavy (non-hydrogen) atoms. The fraction of sp³-hybridized carbons (Fsp3) is 0.286. The average Bonchev–Trinajstić information content (AvgIpc) is 3.19. The fourth-order valence-corrected chi connectivity index (χ4v) is 3.46. The molecule has 1 fully saturated rings. The number of H-pyrrole nitrogens is 1. The number of piperidine rings is 1. The van der Waals surface area contributed by atoms with E-state index >= 15 is 0 Å². The Labute approximate surface area is 153 Å². The van der Waals surface area contributed by atoms with Gasteiger partial charge < -0.3 is 4.90 Å². The van der Waals surface area contributed by atoms with Crippen molar-refractivity contribution in [3.05, 3.63) is 71.7 Å². The Bertz CT molecular complexity index is 878. The maximum atomic E-state index is 12.5. The van der Waals surface area contributed by atoms with Gasteiger partial charge in [-0.15, -0.1) is 0 Å². The number of likely N-dealkylation sites (tertiary alicyclic amines) is 1. The predicted octanol–water partition coefficient (Wildman–Crippen LogP) is 3.80. The van der Waals surface area contributed by atoms with Gasteiger partial charge in [-0.1, -0.05) is 35.9 Å². The molecule has 0 radical (unpaired) electrons. The van der Waals surface area contributed by atoms with Crippen LogP contribution in [-0.2, 0) is 0 Å². The Morgan fingerprint density at radius 3 is 2.58 bits per heavy atom. The van der Waals surface area contributed by atoms with Crippen molar-refractivity contribution in [2.75, 3.05) is 13.1 Å². The van der Waals surface area contributed by atoms with Crippen molar-refractivity contribution in [1.29, 1.82) is 0 Å². The van der Waals surface area contributed by atoms with Crippen LogP contribution in [0.15, 0.2) is 54.7 Å². The van der Waals surface area contributed by atoms with Crippen molar-refractivity contribution < 1.29 is 4.79 Å². The van der Waals surface area contributed by atoms with E-state index in [1.54, 1.807) is 12.3 Å². The number of aromatic nitrogens is 3. The van der Waals surface area contributed by atoms with Gasteiger partial charge >= 0.3 is 0 Å². The lowest BCUT2D eigenvalue weighted by atomic mass is 9.93. The second-order valence-electron chi connectivity index (χ2n) is 6.86. The number of carbonyl (C=O) groups excluding carboxylic acids is 1. The first-order chi connectivity index (χ1) is 12.7. The van der Waals surface area contributed by atoms with Crippen LogP contribution in [0.5, 0.6) is 0 Å². The van der Waals surface area contributed by atoms with E-state index in [0.29, 0.717) is 11.6 Å². The second-order valence-corrected chi connectivity index (χ2v) is 6.86. The molecule has 1 aliphatic rings. The third-order valence-electron chi connectivity index (χ3n) is 5.05. The van der Waals surface area contributed by atoms with Gasteiger partial charge in [0.1, 0.15) is 5.69 Å². The lowest BCUT2D eigenvalue weighted by molar-refractivity contribution is 0.0706. The average molecular weight is 346 g/mol. The van der Waals surface area contributed by atoms with E-state index in [0.717, 1.165) is 42.9 Å². The van der Waals surface area contributed by atoms with Crippen LogP contribution in [0.2, 0.25) is 0 Å². The van der Waals surface area contributed by atoms with Crippen molar-refractivity contribution in [1.82, 2.24) is 20.1 Å². The molecule has 132 valence electrons. The Balaban J connectivity index is 1.41. The predicted molar refractivity (Wildman–Crippen MR) is 101 cm³/mol. The normalized spacial score (nSPS) is 15.2. The van der Waals surface area contributed by atoms with Crippen LogP contribution in [0, 0.1) is 6.92 Å². The van der Waals surface area contributed by atoms with Gasteiger partial charge in [-0.25, -0.2) is 0 Å². The van der Waals surface area contributed by atoms with Gasteiger partial charge in [-0.05, 0) is 38.0 Å². The van der Waals surface area contributed by atoms with Crippen LogP contribution >= 0.6 is 0 Å². The van der Waals surface area contributed by atoms with Crippen molar-refractivity contribution in [2.45, 2.75) is 25.7 Å². The number of pyridine rings is 1. The maximum absolute atomic E-state index is 12.5.